The van der Waals surface area contributed by atoms with Gasteiger partial charge in [-0.2, -0.15) is 5.10 Å². The Morgan fingerprint density at radius 2 is 1.84 bits per heavy atom. The van der Waals surface area contributed by atoms with Crippen LogP contribution in [0.5, 0.6) is 5.75 Å². The van der Waals surface area contributed by atoms with Crippen LogP contribution in [0, 0.1) is 0 Å². The van der Waals surface area contributed by atoms with E-state index >= 15 is 0 Å². The number of hydrogen-bond donors (Lipinski definition) is 2. The molecule has 6 heteroatoms. The van der Waals surface area contributed by atoms with Crippen LogP contribution in [-0.4, -0.2) is 24.1 Å². The van der Waals surface area contributed by atoms with Gasteiger partial charge in [-0.15, -0.1) is 0 Å². The van der Waals surface area contributed by atoms with E-state index in [4.69, 9.17) is 4.74 Å². The van der Waals surface area contributed by atoms with Gasteiger partial charge in [0.15, 0.2) is 0 Å². The molecule has 0 unspecified atom stereocenters. The molecule has 0 saturated carbocycles. The molecule has 6 nitrogen and oxygen atoms in total. The molecule has 0 heterocycles. The fourth-order valence-electron chi connectivity index (χ4n) is 1.97. The van der Waals surface area contributed by atoms with Gasteiger partial charge in [0.05, 0.1) is 6.21 Å². The van der Waals surface area contributed by atoms with Crippen LogP contribution in [0.4, 0.5) is 0 Å². The summed E-state index contributed by atoms with van der Waals surface area (Å²) in [5, 5.41) is 6.28. The molecule has 130 valence electrons. The maximum Gasteiger partial charge on any atom is 0.329 e. The fraction of sp³-hybridized carbons (Fsp3) is 0.211. The van der Waals surface area contributed by atoms with Gasteiger partial charge >= 0.3 is 11.8 Å². The number of carbonyl (C=O) groups is 2. The van der Waals surface area contributed by atoms with E-state index in [0.29, 0.717) is 12.4 Å². The van der Waals surface area contributed by atoms with E-state index in [1.165, 1.54) is 6.21 Å². The number of nitrogens with zero attached hydrogens (tertiary/aromatic N) is 1. The van der Waals surface area contributed by atoms with Crippen molar-refractivity contribution in [3.05, 3.63) is 65.7 Å². The minimum Gasteiger partial charge on any atom is -0.489 e. The third kappa shape index (κ3) is 6.47. The van der Waals surface area contributed by atoms with Crippen molar-refractivity contribution < 1.29 is 14.3 Å². The van der Waals surface area contributed by atoms with Gasteiger partial charge in [-0.3, -0.25) is 9.59 Å². The number of rotatable bonds is 6. The highest BCUT2D eigenvalue weighted by Crippen LogP contribution is 2.14. The summed E-state index contributed by atoms with van der Waals surface area (Å²) in [5.74, 6) is -0.829. The van der Waals surface area contributed by atoms with Gasteiger partial charge in [0.1, 0.15) is 12.4 Å². The number of ether oxygens (including phenoxy) is 1. The van der Waals surface area contributed by atoms with Crippen LogP contribution in [0.2, 0.25) is 0 Å². The van der Waals surface area contributed by atoms with Crippen LogP contribution in [0.25, 0.3) is 0 Å². The van der Waals surface area contributed by atoms with Gasteiger partial charge in [-0.1, -0.05) is 42.5 Å². The number of nitrogens with one attached hydrogen (secondary N) is 2. The third-order valence-electron chi connectivity index (χ3n) is 3.11. The molecule has 2 aromatic carbocycles. The molecule has 0 saturated heterocycles. The molecular formula is C19H21N3O3. The van der Waals surface area contributed by atoms with Crippen molar-refractivity contribution >= 4 is 18.0 Å². The average Bonchev–Trinajstić information content (AvgIpc) is 2.60. The quantitative estimate of drug-likeness (QED) is 0.481. The summed E-state index contributed by atoms with van der Waals surface area (Å²) in [6.45, 7) is 4.01. The summed E-state index contributed by atoms with van der Waals surface area (Å²) < 4.78 is 5.73. The lowest BCUT2D eigenvalue weighted by Crippen LogP contribution is -2.41. The van der Waals surface area contributed by atoms with Crippen LogP contribution in [0.15, 0.2) is 59.7 Å². The first kappa shape index (κ1) is 18.2. The number of carbonyl (C=O) groups excluding carboxylic acids is 2. The average molecular weight is 339 g/mol. The van der Waals surface area contributed by atoms with Crippen LogP contribution in [-0.2, 0) is 16.2 Å². The molecule has 25 heavy (non-hydrogen) atoms. The summed E-state index contributed by atoms with van der Waals surface area (Å²) in [6.07, 6.45) is 1.45. The van der Waals surface area contributed by atoms with Crippen molar-refractivity contribution in [1.29, 1.82) is 0 Å². The van der Waals surface area contributed by atoms with Crippen molar-refractivity contribution in [2.24, 2.45) is 5.10 Å². The Balaban J connectivity index is 1.88. The van der Waals surface area contributed by atoms with E-state index in [2.05, 4.69) is 15.8 Å². The van der Waals surface area contributed by atoms with Gasteiger partial charge in [0.2, 0.25) is 0 Å². The van der Waals surface area contributed by atoms with Crippen molar-refractivity contribution in [2.45, 2.75) is 26.5 Å². The van der Waals surface area contributed by atoms with Crippen molar-refractivity contribution in [1.82, 2.24) is 10.7 Å². The van der Waals surface area contributed by atoms with E-state index in [-0.39, 0.29) is 6.04 Å². The highest BCUT2D eigenvalue weighted by Gasteiger charge is 2.12. The summed E-state index contributed by atoms with van der Waals surface area (Å²) in [4.78, 5) is 23.0. The summed E-state index contributed by atoms with van der Waals surface area (Å²) >= 11 is 0. The Bertz CT molecular complexity index is 743. The second-order valence-electron chi connectivity index (χ2n) is 5.67. The molecule has 2 rings (SSSR count). The smallest absolute Gasteiger partial charge is 0.329 e. The Morgan fingerprint density at radius 3 is 2.56 bits per heavy atom. The maximum absolute atomic E-state index is 11.5. The Hall–Kier alpha value is -3.15. The van der Waals surface area contributed by atoms with Gasteiger partial charge in [0, 0.05) is 6.04 Å². The lowest BCUT2D eigenvalue weighted by molar-refractivity contribution is -0.139. The lowest BCUT2D eigenvalue weighted by atomic mass is 10.2. The van der Waals surface area contributed by atoms with Crippen molar-refractivity contribution in [3.8, 4) is 5.75 Å². The highest BCUT2D eigenvalue weighted by atomic mass is 16.5. The molecule has 0 atom stereocenters. The zero-order valence-electron chi connectivity index (χ0n) is 14.2. The molecule has 0 fully saturated rings. The number of hydrazone groups is 1. The SMILES string of the molecule is CC(C)NC(=O)C(=O)N/N=C\c1cccc(OCc2ccccc2)c1. The maximum atomic E-state index is 11.5. The van der Waals surface area contributed by atoms with Crippen LogP contribution >= 0.6 is 0 Å². The molecular weight excluding hydrogens is 318 g/mol. The highest BCUT2D eigenvalue weighted by molar-refractivity contribution is 6.35. The van der Waals surface area contributed by atoms with Gasteiger partial charge < -0.3 is 10.1 Å². The number of benzene rings is 2. The predicted molar refractivity (Wildman–Crippen MR) is 96.2 cm³/mol. The largest absolute Gasteiger partial charge is 0.489 e. The number of hydrogen-bond acceptors (Lipinski definition) is 4. The third-order valence-corrected chi connectivity index (χ3v) is 3.11. The van der Waals surface area contributed by atoms with Gasteiger partial charge in [-0.25, -0.2) is 5.43 Å². The first-order valence-electron chi connectivity index (χ1n) is 7.95. The van der Waals surface area contributed by atoms with Gasteiger partial charge in [-0.05, 0) is 37.1 Å². The van der Waals surface area contributed by atoms with E-state index in [0.717, 1.165) is 11.1 Å². The molecule has 2 N–H and O–H groups in total. The molecule has 0 radical (unpaired) electrons. The van der Waals surface area contributed by atoms with E-state index in [1.54, 1.807) is 19.9 Å². The van der Waals surface area contributed by atoms with Crippen LogP contribution in [0.3, 0.4) is 0 Å². The summed E-state index contributed by atoms with van der Waals surface area (Å²) in [6, 6.07) is 17.0. The molecule has 2 aromatic rings. The topological polar surface area (TPSA) is 79.8 Å². The van der Waals surface area contributed by atoms with Crippen LogP contribution < -0.4 is 15.5 Å². The second-order valence-corrected chi connectivity index (χ2v) is 5.67. The fourth-order valence-corrected chi connectivity index (χ4v) is 1.97. The van der Waals surface area contributed by atoms with Crippen molar-refractivity contribution in [3.63, 3.8) is 0 Å². The Kier molecular flexibility index (Phi) is 6.71. The normalized spacial score (nSPS) is 10.7. The first-order valence-corrected chi connectivity index (χ1v) is 7.95. The number of amides is 2. The van der Waals surface area contributed by atoms with E-state index in [9.17, 15) is 9.59 Å². The zero-order chi connectivity index (χ0) is 18.1. The second kappa shape index (κ2) is 9.22. The zero-order valence-corrected chi connectivity index (χ0v) is 14.2. The standard InChI is InChI=1S/C19H21N3O3/c1-14(2)21-18(23)19(24)22-20-12-16-9-6-10-17(11-16)25-13-15-7-4-3-5-8-15/h3-12,14H,13H2,1-2H3,(H,21,23)(H,22,24)/b20-12-. The Labute approximate surface area is 146 Å². The minimum absolute atomic E-state index is 0.110. The predicted octanol–water partition coefficient (Wildman–Crippen LogP) is 2.24. The summed E-state index contributed by atoms with van der Waals surface area (Å²) in [5.41, 5.74) is 4.01. The monoisotopic (exact) mass is 339 g/mol. The molecule has 2 amide bonds. The lowest BCUT2D eigenvalue weighted by Gasteiger charge is -2.07. The molecule has 0 aliphatic heterocycles. The van der Waals surface area contributed by atoms with E-state index < -0.39 is 11.8 Å². The van der Waals surface area contributed by atoms with E-state index in [1.807, 2.05) is 48.5 Å². The van der Waals surface area contributed by atoms with Crippen molar-refractivity contribution in [2.75, 3.05) is 0 Å². The van der Waals surface area contributed by atoms with Gasteiger partial charge in [0.25, 0.3) is 0 Å². The molecule has 0 spiro atoms. The molecule has 0 bridgehead atoms. The summed E-state index contributed by atoms with van der Waals surface area (Å²) in [7, 11) is 0. The Morgan fingerprint density at radius 1 is 1.08 bits per heavy atom. The molecule has 0 aliphatic rings. The minimum atomic E-state index is -0.804. The molecule has 0 aromatic heterocycles. The van der Waals surface area contributed by atoms with Crippen LogP contribution in [0.1, 0.15) is 25.0 Å². The first-order chi connectivity index (χ1) is 12.0. The molecule has 0 aliphatic carbocycles.